The van der Waals surface area contributed by atoms with E-state index < -0.39 is 0 Å². The monoisotopic (exact) mass is 251 g/mol. The van der Waals surface area contributed by atoms with Crippen molar-refractivity contribution in [3.8, 4) is 5.88 Å². The molecule has 0 atom stereocenters. The lowest BCUT2D eigenvalue weighted by atomic mass is 9.99. The molecule has 0 radical (unpaired) electrons. The van der Waals surface area contributed by atoms with Gasteiger partial charge >= 0.3 is 0 Å². The van der Waals surface area contributed by atoms with Crippen molar-refractivity contribution in [3.05, 3.63) is 12.3 Å². The van der Waals surface area contributed by atoms with Crippen LogP contribution in [-0.4, -0.2) is 41.4 Å². The van der Waals surface area contributed by atoms with E-state index in [1.54, 1.807) is 19.4 Å². The zero-order chi connectivity index (χ0) is 13.4. The molecule has 0 aromatic carbocycles. The maximum absolute atomic E-state index is 6.04. The minimum absolute atomic E-state index is 0.214. The summed E-state index contributed by atoms with van der Waals surface area (Å²) in [6, 6.07) is 1.75. The Balaban J connectivity index is 2.26. The average Bonchev–Trinajstić information content (AvgIpc) is 2.25. The predicted molar refractivity (Wildman–Crippen MR) is 70.0 cm³/mol. The molecule has 100 valence electrons. The van der Waals surface area contributed by atoms with E-state index >= 15 is 0 Å². The molecule has 0 saturated carbocycles. The highest BCUT2D eigenvalue weighted by atomic mass is 16.5. The van der Waals surface area contributed by atoms with Crippen LogP contribution < -0.4 is 9.64 Å². The van der Waals surface area contributed by atoms with Gasteiger partial charge in [-0.05, 0) is 27.7 Å². The van der Waals surface area contributed by atoms with Crippen LogP contribution in [-0.2, 0) is 4.74 Å². The van der Waals surface area contributed by atoms with Gasteiger partial charge in [0.25, 0.3) is 0 Å². The fraction of sp³-hybridized carbons (Fsp3) is 0.692. The van der Waals surface area contributed by atoms with E-state index in [1.807, 2.05) is 0 Å². The summed E-state index contributed by atoms with van der Waals surface area (Å²) in [6.07, 6.45) is 1.72. The van der Waals surface area contributed by atoms with Gasteiger partial charge in [0.1, 0.15) is 0 Å². The first-order valence-corrected chi connectivity index (χ1v) is 6.13. The van der Waals surface area contributed by atoms with Crippen molar-refractivity contribution >= 4 is 5.95 Å². The number of hydrogen-bond donors (Lipinski definition) is 0. The Labute approximate surface area is 108 Å². The molecule has 0 amide bonds. The van der Waals surface area contributed by atoms with Crippen molar-refractivity contribution in [3.63, 3.8) is 0 Å². The molecule has 2 rings (SSSR count). The van der Waals surface area contributed by atoms with Crippen molar-refractivity contribution in [2.24, 2.45) is 0 Å². The van der Waals surface area contributed by atoms with Gasteiger partial charge in [0, 0.05) is 25.4 Å². The lowest BCUT2D eigenvalue weighted by molar-refractivity contribution is -0.133. The Morgan fingerprint density at radius 1 is 1.22 bits per heavy atom. The average molecular weight is 251 g/mol. The topological polar surface area (TPSA) is 47.5 Å². The number of morpholine rings is 1. The van der Waals surface area contributed by atoms with Crippen LogP contribution >= 0.6 is 0 Å². The van der Waals surface area contributed by atoms with Crippen LogP contribution in [0.25, 0.3) is 0 Å². The fourth-order valence-corrected chi connectivity index (χ4v) is 2.53. The lowest BCUT2D eigenvalue weighted by Crippen LogP contribution is -2.57. The van der Waals surface area contributed by atoms with Crippen molar-refractivity contribution in [2.45, 2.75) is 38.9 Å². The molecule has 0 unspecified atom stereocenters. The molecule has 1 aliphatic heterocycles. The summed E-state index contributed by atoms with van der Waals surface area (Å²) in [5, 5.41) is 0. The van der Waals surface area contributed by atoms with E-state index in [1.165, 1.54) is 0 Å². The Kier molecular flexibility index (Phi) is 3.19. The second-order valence-corrected chi connectivity index (χ2v) is 5.88. The minimum atomic E-state index is -0.214. The molecule has 1 fully saturated rings. The summed E-state index contributed by atoms with van der Waals surface area (Å²) in [6.45, 7) is 9.87. The van der Waals surface area contributed by atoms with Gasteiger partial charge in [0.05, 0.1) is 18.3 Å². The second-order valence-electron chi connectivity index (χ2n) is 5.88. The second kappa shape index (κ2) is 4.39. The highest BCUT2D eigenvalue weighted by Crippen LogP contribution is 2.30. The summed E-state index contributed by atoms with van der Waals surface area (Å²) in [4.78, 5) is 10.8. The molecule has 1 saturated heterocycles. The number of rotatable bonds is 2. The van der Waals surface area contributed by atoms with Crippen LogP contribution in [0.15, 0.2) is 12.3 Å². The smallest absolute Gasteiger partial charge is 0.228 e. The van der Waals surface area contributed by atoms with E-state index in [4.69, 9.17) is 9.47 Å². The molecule has 0 bridgehead atoms. The molecule has 0 N–H and O–H groups in total. The van der Waals surface area contributed by atoms with Gasteiger partial charge in [-0.3, -0.25) is 0 Å². The van der Waals surface area contributed by atoms with E-state index in [0.717, 1.165) is 13.1 Å². The molecule has 0 spiro atoms. The molecular formula is C13H21N3O2. The van der Waals surface area contributed by atoms with Gasteiger partial charge in [0.15, 0.2) is 0 Å². The number of ether oxygens (including phenoxy) is 2. The normalized spacial score (nSPS) is 21.7. The van der Waals surface area contributed by atoms with E-state index in [-0.39, 0.29) is 11.2 Å². The summed E-state index contributed by atoms with van der Waals surface area (Å²) >= 11 is 0. The highest BCUT2D eigenvalue weighted by molar-refractivity contribution is 5.34. The van der Waals surface area contributed by atoms with E-state index in [0.29, 0.717) is 11.8 Å². The Bertz CT molecular complexity index is 416. The number of nitrogens with zero attached hydrogens (tertiary/aromatic N) is 3. The Morgan fingerprint density at radius 3 is 2.39 bits per heavy atom. The molecular weight excluding hydrogens is 230 g/mol. The van der Waals surface area contributed by atoms with Gasteiger partial charge in [-0.2, -0.15) is 4.98 Å². The van der Waals surface area contributed by atoms with Gasteiger partial charge in [-0.1, -0.05) is 0 Å². The summed E-state index contributed by atoms with van der Waals surface area (Å²) in [5.74, 6) is 1.28. The van der Waals surface area contributed by atoms with Crippen LogP contribution in [0.2, 0.25) is 0 Å². The number of anilines is 1. The standard InChI is InChI=1S/C13H21N3O2/c1-12(2)8-16(9-13(3,4)18-12)11-14-7-6-10(15-11)17-5/h6-7H,8-9H2,1-5H3. The first kappa shape index (κ1) is 13.1. The number of methoxy groups -OCH3 is 1. The third-order valence-electron chi connectivity index (χ3n) is 2.81. The van der Waals surface area contributed by atoms with Gasteiger partial charge in [-0.25, -0.2) is 4.98 Å². The third-order valence-corrected chi connectivity index (χ3v) is 2.81. The number of aromatic nitrogens is 2. The van der Waals surface area contributed by atoms with Crippen molar-refractivity contribution in [2.75, 3.05) is 25.1 Å². The van der Waals surface area contributed by atoms with Gasteiger partial charge in [0.2, 0.25) is 11.8 Å². The highest BCUT2D eigenvalue weighted by Gasteiger charge is 2.39. The maximum atomic E-state index is 6.04. The third kappa shape index (κ3) is 2.90. The molecule has 2 heterocycles. The van der Waals surface area contributed by atoms with Crippen molar-refractivity contribution in [1.29, 1.82) is 0 Å². The van der Waals surface area contributed by atoms with Crippen LogP contribution in [0, 0.1) is 0 Å². The molecule has 18 heavy (non-hydrogen) atoms. The van der Waals surface area contributed by atoms with E-state index in [2.05, 4.69) is 42.6 Å². The summed E-state index contributed by atoms with van der Waals surface area (Å²) < 4.78 is 11.2. The zero-order valence-electron chi connectivity index (χ0n) is 11.7. The van der Waals surface area contributed by atoms with Gasteiger partial charge < -0.3 is 14.4 Å². The summed E-state index contributed by atoms with van der Waals surface area (Å²) in [5.41, 5.74) is -0.428. The first-order valence-electron chi connectivity index (χ1n) is 6.13. The molecule has 5 heteroatoms. The molecule has 5 nitrogen and oxygen atoms in total. The van der Waals surface area contributed by atoms with E-state index in [9.17, 15) is 0 Å². The quantitative estimate of drug-likeness (QED) is 0.803. The zero-order valence-corrected chi connectivity index (χ0v) is 11.7. The lowest BCUT2D eigenvalue weighted by Gasteiger charge is -2.47. The molecule has 1 aromatic rings. The van der Waals surface area contributed by atoms with Crippen LogP contribution in [0.1, 0.15) is 27.7 Å². The fourth-order valence-electron chi connectivity index (χ4n) is 2.53. The first-order chi connectivity index (χ1) is 8.31. The van der Waals surface area contributed by atoms with Crippen molar-refractivity contribution in [1.82, 2.24) is 9.97 Å². The largest absolute Gasteiger partial charge is 0.481 e. The Morgan fingerprint density at radius 2 is 1.83 bits per heavy atom. The predicted octanol–water partition coefficient (Wildman–Crippen LogP) is 1.88. The molecule has 1 aliphatic rings. The van der Waals surface area contributed by atoms with Crippen LogP contribution in [0.4, 0.5) is 5.95 Å². The van der Waals surface area contributed by atoms with Crippen LogP contribution in [0.3, 0.4) is 0 Å². The van der Waals surface area contributed by atoms with Crippen LogP contribution in [0.5, 0.6) is 5.88 Å². The Hall–Kier alpha value is -1.36. The minimum Gasteiger partial charge on any atom is -0.481 e. The summed E-state index contributed by atoms with van der Waals surface area (Å²) in [7, 11) is 1.61. The number of hydrogen-bond acceptors (Lipinski definition) is 5. The maximum Gasteiger partial charge on any atom is 0.228 e. The van der Waals surface area contributed by atoms with Gasteiger partial charge in [-0.15, -0.1) is 0 Å². The van der Waals surface area contributed by atoms with Crippen molar-refractivity contribution < 1.29 is 9.47 Å². The molecule has 1 aromatic heterocycles. The SMILES string of the molecule is COc1ccnc(N2CC(C)(C)OC(C)(C)C2)n1. The molecule has 0 aliphatic carbocycles.